The average Bonchev–Trinajstić information content (AvgIpc) is 1.56. The monoisotopic (exact) mass is 1350 g/mol. The zero-order valence-corrected chi connectivity index (χ0v) is 57.1. The molecule has 0 atom stereocenters. The first-order valence-corrected chi connectivity index (χ1v) is 35.7. The van der Waals surface area contributed by atoms with Crippen molar-refractivity contribution in [3.8, 4) is 113 Å². The summed E-state index contributed by atoms with van der Waals surface area (Å²) in [4.78, 5) is 30.5. The smallest absolute Gasteiger partial charge is 0.164 e. The number of rotatable bonds is 12. The molecule has 10 nitrogen and oxygen atoms in total. The SMILES string of the molecule is c1ccc(-c2nc(-c3ccccc3)nc(-c3ccc(-n4c5ccccc5c5cc(-c6ccc7c(c6)c6ccccc6n7-c6ccc(-c7cccc(-c8nc(-c9ccccc9)nc(-c9ccc(-n%10c%11ccccc%11c%11cc(-n%12c%13ccccc%13c%13ccccc%13%12)ccc%11%10)cc9)n8)c7)cc6)ccc54)cc3)n2)cc1. The van der Waals surface area contributed by atoms with Gasteiger partial charge in [-0.2, -0.15) is 0 Å². The second-order valence-electron chi connectivity index (χ2n) is 27.0. The molecule has 0 aliphatic rings. The summed E-state index contributed by atoms with van der Waals surface area (Å²) in [5, 5.41) is 9.62. The molecule has 0 radical (unpaired) electrons. The molecule has 6 heterocycles. The molecule has 106 heavy (non-hydrogen) atoms. The molecule has 21 aromatic rings. The topological polar surface area (TPSA) is 97.1 Å². The van der Waals surface area contributed by atoms with Gasteiger partial charge in [0.05, 0.1) is 44.1 Å². The molecule has 21 rings (SSSR count). The first-order valence-electron chi connectivity index (χ1n) is 35.7. The molecule has 0 aliphatic heterocycles. The number of hydrogen-bond acceptors (Lipinski definition) is 6. The Balaban J connectivity index is 0.581. The van der Waals surface area contributed by atoms with Gasteiger partial charge in [-0.25, -0.2) is 29.9 Å². The van der Waals surface area contributed by atoms with E-state index in [-0.39, 0.29) is 0 Å². The highest BCUT2D eigenvalue weighted by molar-refractivity contribution is 6.14. The fraction of sp³-hybridized carbons (Fsp3) is 0. The first-order chi connectivity index (χ1) is 52.5. The van der Waals surface area contributed by atoms with Gasteiger partial charge in [0, 0.05) is 99.2 Å². The third kappa shape index (κ3) is 10.1. The van der Waals surface area contributed by atoms with Crippen molar-refractivity contribution in [2.24, 2.45) is 0 Å². The van der Waals surface area contributed by atoms with Crippen LogP contribution in [0.15, 0.2) is 364 Å². The molecule has 0 unspecified atom stereocenters. The number of hydrogen-bond donors (Lipinski definition) is 0. The van der Waals surface area contributed by atoms with Crippen LogP contribution in [-0.4, -0.2) is 48.2 Å². The summed E-state index contributed by atoms with van der Waals surface area (Å²) in [7, 11) is 0. The van der Waals surface area contributed by atoms with E-state index in [4.69, 9.17) is 29.9 Å². The standard InChI is InChI=1S/C96H60N10/c1-4-21-62(22-5-1)91-97-92(63-23-6-2-7-24-63)99-94(98-91)65-41-49-72(50-42-65)104-86-37-18-13-32-78(86)81-59-69(46-55-89(81)104)68-45-54-88-80(58-68)77-31-12-17-36-85(77)103(88)71-47-39-61(40-48-71)67-27-20-28-70(57-67)96-101-93(64-25-8-3-9-26-64)100-95(102-96)66-43-51-73(52-44-66)105-87-38-19-14-33-79(87)82-60-74(53-56-90(82)105)106-83-34-15-10-29-75(83)76-30-11-16-35-84(76)106/h1-60H. The van der Waals surface area contributed by atoms with Crippen LogP contribution in [0.25, 0.3) is 201 Å². The molecule has 0 amide bonds. The Labute approximate surface area is 609 Å². The zero-order chi connectivity index (χ0) is 69.8. The Morgan fingerprint density at radius 1 is 0.132 bits per heavy atom. The quantitative estimate of drug-likeness (QED) is 0.121. The van der Waals surface area contributed by atoms with Gasteiger partial charge in [-0.15, -0.1) is 0 Å². The summed E-state index contributed by atoms with van der Waals surface area (Å²) in [6.07, 6.45) is 0. The Morgan fingerprint density at radius 2 is 0.358 bits per heavy atom. The predicted octanol–water partition coefficient (Wildman–Crippen LogP) is 23.8. The van der Waals surface area contributed by atoms with Crippen LogP contribution >= 0.6 is 0 Å². The van der Waals surface area contributed by atoms with Crippen LogP contribution in [-0.2, 0) is 0 Å². The Bertz CT molecular complexity index is 6920. The molecule has 10 heteroatoms. The van der Waals surface area contributed by atoms with E-state index in [1.807, 2.05) is 78.9 Å². The van der Waals surface area contributed by atoms with Gasteiger partial charge in [-0.05, 0) is 162 Å². The molecule has 0 saturated carbocycles. The molecule has 0 saturated heterocycles. The minimum atomic E-state index is 0.597. The van der Waals surface area contributed by atoms with E-state index in [0.29, 0.717) is 34.9 Å². The molecule has 6 aromatic heterocycles. The fourth-order valence-electron chi connectivity index (χ4n) is 15.9. The van der Waals surface area contributed by atoms with Crippen molar-refractivity contribution in [1.82, 2.24) is 48.2 Å². The van der Waals surface area contributed by atoms with Gasteiger partial charge in [0.15, 0.2) is 34.9 Å². The van der Waals surface area contributed by atoms with Crippen molar-refractivity contribution in [3.05, 3.63) is 364 Å². The molecular formula is C96H60N10. The van der Waals surface area contributed by atoms with Gasteiger partial charge in [0.2, 0.25) is 0 Å². The van der Waals surface area contributed by atoms with Crippen molar-refractivity contribution in [2.75, 3.05) is 0 Å². The van der Waals surface area contributed by atoms with Crippen LogP contribution in [0.2, 0.25) is 0 Å². The van der Waals surface area contributed by atoms with Gasteiger partial charge in [0.1, 0.15) is 0 Å². The van der Waals surface area contributed by atoms with E-state index < -0.39 is 0 Å². The highest BCUT2D eigenvalue weighted by atomic mass is 15.1. The Morgan fingerprint density at radius 3 is 0.726 bits per heavy atom. The summed E-state index contributed by atoms with van der Waals surface area (Å²) in [5.41, 5.74) is 23.4. The maximum Gasteiger partial charge on any atom is 0.164 e. The fourth-order valence-corrected chi connectivity index (χ4v) is 15.9. The lowest BCUT2D eigenvalue weighted by Crippen LogP contribution is -2.01. The summed E-state index contributed by atoms with van der Waals surface area (Å²) >= 11 is 0. The van der Waals surface area contributed by atoms with Gasteiger partial charge in [0.25, 0.3) is 0 Å². The normalized spacial score (nSPS) is 11.8. The number of aromatic nitrogens is 10. The lowest BCUT2D eigenvalue weighted by Gasteiger charge is -2.12. The van der Waals surface area contributed by atoms with Crippen LogP contribution in [0.1, 0.15) is 0 Å². The van der Waals surface area contributed by atoms with Crippen molar-refractivity contribution in [1.29, 1.82) is 0 Å². The lowest BCUT2D eigenvalue weighted by atomic mass is 10.0. The number of para-hydroxylation sites is 5. The van der Waals surface area contributed by atoms with Crippen molar-refractivity contribution in [2.45, 2.75) is 0 Å². The second kappa shape index (κ2) is 24.7. The Hall–Kier alpha value is -14.5. The highest BCUT2D eigenvalue weighted by Crippen LogP contribution is 2.42. The summed E-state index contributed by atoms with van der Waals surface area (Å²) in [5.74, 6) is 3.70. The third-order valence-corrected chi connectivity index (χ3v) is 20.9. The molecule has 0 spiro atoms. The van der Waals surface area contributed by atoms with E-state index >= 15 is 0 Å². The van der Waals surface area contributed by atoms with Gasteiger partial charge in [-0.3, -0.25) is 0 Å². The van der Waals surface area contributed by atoms with Crippen molar-refractivity contribution in [3.63, 3.8) is 0 Å². The lowest BCUT2D eigenvalue weighted by molar-refractivity contribution is 1.07. The van der Waals surface area contributed by atoms with Crippen LogP contribution in [0, 0.1) is 0 Å². The number of nitrogens with zero attached hydrogens (tertiary/aromatic N) is 10. The average molecular weight is 1350 g/mol. The van der Waals surface area contributed by atoms with Gasteiger partial charge >= 0.3 is 0 Å². The molecule has 0 fully saturated rings. The van der Waals surface area contributed by atoms with Crippen LogP contribution in [0.3, 0.4) is 0 Å². The number of benzene rings is 15. The molecule has 494 valence electrons. The molecule has 15 aromatic carbocycles. The molecular weight excluding hydrogens is 1290 g/mol. The van der Waals surface area contributed by atoms with Crippen LogP contribution in [0.5, 0.6) is 0 Å². The summed E-state index contributed by atoms with van der Waals surface area (Å²) in [6.45, 7) is 0. The third-order valence-electron chi connectivity index (χ3n) is 20.9. The molecule has 0 bridgehead atoms. The van der Waals surface area contributed by atoms with Crippen molar-refractivity contribution < 1.29 is 0 Å². The minimum absolute atomic E-state index is 0.597. The van der Waals surface area contributed by atoms with Crippen LogP contribution < -0.4 is 0 Å². The highest BCUT2D eigenvalue weighted by Gasteiger charge is 2.22. The van der Waals surface area contributed by atoms with Gasteiger partial charge < -0.3 is 18.3 Å². The predicted molar refractivity (Wildman–Crippen MR) is 434 cm³/mol. The largest absolute Gasteiger partial charge is 0.309 e. The Kier molecular flexibility index (Phi) is 14.0. The maximum atomic E-state index is 5.26. The summed E-state index contributed by atoms with van der Waals surface area (Å²) in [6, 6.07) is 129. The zero-order valence-electron chi connectivity index (χ0n) is 57.1. The van der Waals surface area contributed by atoms with E-state index in [0.717, 1.165) is 111 Å². The maximum absolute atomic E-state index is 5.26. The van der Waals surface area contributed by atoms with Crippen LogP contribution in [0.4, 0.5) is 0 Å². The number of fused-ring (bicyclic) bond motifs is 12. The van der Waals surface area contributed by atoms with E-state index in [2.05, 4.69) is 303 Å². The van der Waals surface area contributed by atoms with E-state index in [1.165, 1.54) is 54.1 Å². The second-order valence-corrected chi connectivity index (χ2v) is 27.0. The van der Waals surface area contributed by atoms with Gasteiger partial charge in [-0.1, -0.05) is 224 Å². The molecule has 0 aliphatic carbocycles. The van der Waals surface area contributed by atoms with E-state index in [9.17, 15) is 0 Å². The first kappa shape index (κ1) is 60.3. The molecule has 0 N–H and O–H groups in total. The summed E-state index contributed by atoms with van der Waals surface area (Å²) < 4.78 is 9.50. The van der Waals surface area contributed by atoms with Crippen molar-refractivity contribution >= 4 is 87.2 Å². The van der Waals surface area contributed by atoms with E-state index in [1.54, 1.807) is 0 Å². The minimum Gasteiger partial charge on any atom is -0.309 e.